The lowest BCUT2D eigenvalue weighted by atomic mass is 9.83. The fraction of sp³-hybridized carbons (Fsp3) is 0.784. The predicted octanol–water partition coefficient (Wildman–Crippen LogP) is 5.71. The Bertz CT molecular complexity index is 1240. The molecule has 10 heteroatoms. The first-order valence-corrected chi connectivity index (χ1v) is 17.4. The molecular weight excluding hydrogens is 598 g/mol. The second kappa shape index (κ2) is 14.6. The second-order valence-corrected chi connectivity index (χ2v) is 17.0. The molecule has 0 radical (unpaired) electrons. The molecule has 0 aromatic rings. The van der Waals surface area contributed by atoms with Gasteiger partial charge in [-0.1, -0.05) is 40.7 Å². The number of likely N-dealkylation sites (tertiary alicyclic amines) is 1. The predicted molar refractivity (Wildman–Crippen MR) is 180 cm³/mol. The first-order chi connectivity index (χ1) is 21.6. The molecule has 2 saturated carbocycles. The second-order valence-electron chi connectivity index (χ2n) is 17.0. The van der Waals surface area contributed by atoms with E-state index in [0.29, 0.717) is 13.0 Å². The average molecular weight is 658 g/mol. The Morgan fingerprint density at radius 3 is 2.15 bits per heavy atom. The monoisotopic (exact) mass is 657 g/mol. The van der Waals surface area contributed by atoms with E-state index in [2.05, 4.69) is 31.1 Å². The molecule has 2 N–H and O–H groups in total. The molecule has 264 valence electrons. The zero-order chi connectivity index (χ0) is 35.5. The molecule has 3 aliphatic rings. The number of ether oxygens (including phenoxy) is 1. The zero-order valence-corrected chi connectivity index (χ0v) is 30.3. The van der Waals surface area contributed by atoms with Gasteiger partial charge in [-0.15, -0.1) is 6.58 Å². The largest absolute Gasteiger partial charge is 0.459 e. The summed E-state index contributed by atoms with van der Waals surface area (Å²) in [5.41, 5.74) is -1.74. The van der Waals surface area contributed by atoms with E-state index in [1.54, 1.807) is 11.0 Å². The molecule has 1 aliphatic heterocycles. The average Bonchev–Trinajstić information content (AvgIpc) is 3.30. The van der Waals surface area contributed by atoms with Crippen molar-refractivity contribution in [1.82, 2.24) is 15.5 Å². The van der Waals surface area contributed by atoms with Crippen LogP contribution in [0.5, 0.6) is 0 Å². The van der Waals surface area contributed by atoms with Crippen LogP contribution in [0.15, 0.2) is 12.7 Å². The lowest BCUT2D eigenvalue weighted by molar-refractivity contribution is -0.157. The third-order valence-electron chi connectivity index (χ3n) is 10.3. The maximum Gasteiger partial charge on any atom is 0.315 e. The van der Waals surface area contributed by atoms with Crippen LogP contribution in [0.25, 0.3) is 0 Å². The maximum absolute atomic E-state index is 14.1. The van der Waals surface area contributed by atoms with Crippen molar-refractivity contribution in [3.8, 4) is 0 Å². The summed E-state index contributed by atoms with van der Waals surface area (Å²) in [5.74, 6) is -2.94. The highest BCUT2D eigenvalue weighted by Gasteiger charge is 2.69. The number of nitrogens with one attached hydrogen (secondary N) is 2. The van der Waals surface area contributed by atoms with Gasteiger partial charge < -0.3 is 20.3 Å². The van der Waals surface area contributed by atoms with Gasteiger partial charge in [0, 0.05) is 37.3 Å². The molecule has 1 unspecified atom stereocenters. The van der Waals surface area contributed by atoms with Gasteiger partial charge in [-0.2, -0.15) is 0 Å². The van der Waals surface area contributed by atoms with E-state index in [1.807, 2.05) is 48.5 Å². The van der Waals surface area contributed by atoms with Crippen molar-refractivity contribution in [3.63, 3.8) is 0 Å². The van der Waals surface area contributed by atoms with Crippen LogP contribution in [0, 0.1) is 28.6 Å². The Morgan fingerprint density at radius 1 is 0.979 bits per heavy atom. The van der Waals surface area contributed by atoms with Crippen molar-refractivity contribution in [3.05, 3.63) is 12.7 Å². The smallest absolute Gasteiger partial charge is 0.315 e. The molecule has 0 aromatic carbocycles. The number of allylic oxidation sites excluding steroid dienone is 1. The summed E-state index contributed by atoms with van der Waals surface area (Å²) in [5, 5.41) is 5.70. The number of rotatable bonds is 15. The first kappa shape index (κ1) is 38.4. The number of ketones is 3. The van der Waals surface area contributed by atoms with Crippen molar-refractivity contribution in [2.45, 2.75) is 150 Å². The van der Waals surface area contributed by atoms with Crippen molar-refractivity contribution in [2.75, 3.05) is 6.54 Å². The van der Waals surface area contributed by atoms with E-state index in [0.717, 1.165) is 25.7 Å². The van der Waals surface area contributed by atoms with E-state index in [9.17, 15) is 28.8 Å². The highest BCUT2D eigenvalue weighted by molar-refractivity contribution is 6.38. The highest BCUT2D eigenvalue weighted by atomic mass is 16.6. The summed E-state index contributed by atoms with van der Waals surface area (Å²) >= 11 is 0. The Labute approximate surface area is 281 Å². The number of hydrogen-bond acceptors (Lipinski definition) is 7. The summed E-state index contributed by atoms with van der Waals surface area (Å²) in [7, 11) is 0. The molecule has 1 saturated heterocycles. The number of amides is 3. The standard InChI is InChI=1S/C37H59N3O7/c1-11-12-16-23(30(44)25(41)17-15-18-27(43)47-37(10)19-13-14-20-37)21-26(42)29-28-24(36(28,8)9)22-40(29)32(45)31(34(2,3)4)38-33(46)39-35(5,6)7/h11,23-24,28-29,31H,1,12-22H2,2-10H3,(H2,38,39,46)/t23?,24-,28-,29+,31+/m0/s1. The summed E-state index contributed by atoms with van der Waals surface area (Å²) in [4.78, 5) is 81.6. The number of piperidine rings is 1. The molecule has 0 aromatic heterocycles. The molecule has 5 atom stereocenters. The Balaban J connectivity index is 1.71. The van der Waals surface area contributed by atoms with Crippen molar-refractivity contribution in [1.29, 1.82) is 0 Å². The van der Waals surface area contributed by atoms with Gasteiger partial charge in [0.2, 0.25) is 11.7 Å². The minimum Gasteiger partial charge on any atom is -0.459 e. The number of Topliss-reactive ketones (excluding diaryl/α,β-unsaturated/α-hetero) is 3. The number of nitrogens with zero attached hydrogens (tertiary/aromatic N) is 1. The third kappa shape index (κ3) is 9.75. The van der Waals surface area contributed by atoms with Gasteiger partial charge in [0.25, 0.3) is 0 Å². The Hall–Kier alpha value is -3.04. The number of hydrogen-bond donors (Lipinski definition) is 2. The first-order valence-electron chi connectivity index (χ1n) is 17.4. The molecule has 47 heavy (non-hydrogen) atoms. The SMILES string of the molecule is C=CCCC(CC(=O)[C@@H]1[C@@H]2[C@H](CN1C(=O)[C@@H](NC(=O)NC(C)(C)C)C(C)(C)C)C2(C)C)C(=O)C(=O)CCCC(=O)OC1(C)CCCC1. The quantitative estimate of drug-likeness (QED) is 0.131. The minimum atomic E-state index is -0.886. The third-order valence-corrected chi connectivity index (χ3v) is 10.3. The Kier molecular flexibility index (Phi) is 11.9. The molecule has 0 spiro atoms. The van der Waals surface area contributed by atoms with Crippen LogP contribution in [0.3, 0.4) is 0 Å². The zero-order valence-electron chi connectivity index (χ0n) is 30.3. The van der Waals surface area contributed by atoms with Gasteiger partial charge >= 0.3 is 12.0 Å². The van der Waals surface area contributed by atoms with E-state index in [1.165, 1.54) is 0 Å². The molecule has 10 nitrogen and oxygen atoms in total. The summed E-state index contributed by atoms with van der Waals surface area (Å²) in [6, 6.07) is -2.10. The normalized spacial score (nSPS) is 24.0. The van der Waals surface area contributed by atoms with E-state index >= 15 is 0 Å². The molecule has 3 fully saturated rings. The van der Waals surface area contributed by atoms with Crippen molar-refractivity contribution < 1.29 is 33.5 Å². The van der Waals surface area contributed by atoms with Gasteiger partial charge in [-0.3, -0.25) is 24.0 Å². The van der Waals surface area contributed by atoms with Crippen LogP contribution in [0.1, 0.15) is 127 Å². The van der Waals surface area contributed by atoms with E-state index in [4.69, 9.17) is 4.74 Å². The minimum absolute atomic E-state index is 0.0545. The van der Waals surface area contributed by atoms with Crippen molar-refractivity contribution in [2.24, 2.45) is 28.6 Å². The summed E-state index contributed by atoms with van der Waals surface area (Å²) in [6.45, 7) is 21.4. The number of fused-ring (bicyclic) bond motifs is 1. The highest BCUT2D eigenvalue weighted by Crippen LogP contribution is 2.65. The molecular formula is C37H59N3O7. The van der Waals surface area contributed by atoms with Gasteiger partial charge in [0.05, 0.1) is 6.04 Å². The van der Waals surface area contributed by atoms with Gasteiger partial charge in [-0.05, 0) is 95.3 Å². The number of esters is 1. The van der Waals surface area contributed by atoms with Gasteiger partial charge in [0.1, 0.15) is 11.6 Å². The van der Waals surface area contributed by atoms with Gasteiger partial charge in [0.15, 0.2) is 11.6 Å². The van der Waals surface area contributed by atoms with Gasteiger partial charge in [-0.25, -0.2) is 4.79 Å². The summed E-state index contributed by atoms with van der Waals surface area (Å²) in [6.07, 6.45) is 6.11. The van der Waals surface area contributed by atoms with Crippen molar-refractivity contribution >= 4 is 35.3 Å². The molecule has 3 amide bonds. The van der Waals surface area contributed by atoms with Crippen LogP contribution in [0.4, 0.5) is 4.79 Å². The topological polar surface area (TPSA) is 139 Å². The number of urea groups is 1. The van der Waals surface area contributed by atoms with Crippen LogP contribution in [0.2, 0.25) is 0 Å². The summed E-state index contributed by atoms with van der Waals surface area (Å²) < 4.78 is 5.64. The van der Waals surface area contributed by atoms with E-state index in [-0.39, 0.29) is 67.0 Å². The number of carbonyl (C=O) groups is 6. The molecule has 0 bridgehead atoms. The molecule has 2 aliphatic carbocycles. The lowest BCUT2D eigenvalue weighted by Crippen LogP contribution is -2.60. The molecule has 3 rings (SSSR count). The molecule has 1 heterocycles. The van der Waals surface area contributed by atoms with Crippen LogP contribution in [-0.2, 0) is 28.7 Å². The fourth-order valence-electron chi connectivity index (χ4n) is 7.51. The lowest BCUT2D eigenvalue weighted by Gasteiger charge is -2.38. The van der Waals surface area contributed by atoms with Crippen LogP contribution < -0.4 is 10.6 Å². The van der Waals surface area contributed by atoms with E-state index < -0.39 is 52.2 Å². The Morgan fingerprint density at radius 2 is 1.60 bits per heavy atom. The fourth-order valence-corrected chi connectivity index (χ4v) is 7.51. The van der Waals surface area contributed by atoms with Crippen LogP contribution in [-0.4, -0.2) is 69.9 Å². The maximum atomic E-state index is 14.1. The number of carbonyl (C=O) groups excluding carboxylic acids is 6. The van der Waals surface area contributed by atoms with Crippen LogP contribution >= 0.6 is 0 Å².